The van der Waals surface area contributed by atoms with Crippen molar-refractivity contribution in [1.29, 1.82) is 5.26 Å². The molecule has 96 valence electrons. The number of hydrogen-bond donors (Lipinski definition) is 2. The standard InChI is InChI=1S/C13H13N5O/c1-19-13-5-2-9(8-17-13)7-16-12-4-3-10(15)11(6-14)18-12/h2-5,8H,7,15H2,1H3,(H,16,18). The molecule has 0 unspecified atom stereocenters. The molecule has 0 radical (unpaired) electrons. The van der Waals surface area contributed by atoms with Gasteiger partial charge in [-0.25, -0.2) is 9.97 Å². The van der Waals surface area contributed by atoms with Crippen molar-refractivity contribution in [3.05, 3.63) is 41.7 Å². The number of nitrogen functional groups attached to an aromatic ring is 1. The molecule has 0 aliphatic heterocycles. The molecule has 0 aromatic carbocycles. The van der Waals surface area contributed by atoms with Crippen LogP contribution in [0, 0.1) is 11.3 Å². The van der Waals surface area contributed by atoms with Crippen LogP contribution in [0.3, 0.4) is 0 Å². The van der Waals surface area contributed by atoms with Gasteiger partial charge >= 0.3 is 0 Å². The summed E-state index contributed by atoms with van der Waals surface area (Å²) in [5.74, 6) is 1.17. The highest BCUT2D eigenvalue weighted by Gasteiger charge is 2.02. The van der Waals surface area contributed by atoms with Crippen molar-refractivity contribution in [2.75, 3.05) is 18.2 Å². The molecule has 0 aliphatic carbocycles. The predicted molar refractivity (Wildman–Crippen MR) is 71.5 cm³/mol. The Balaban J connectivity index is 2.04. The first kappa shape index (κ1) is 12.6. The third-order valence-electron chi connectivity index (χ3n) is 2.51. The zero-order valence-electron chi connectivity index (χ0n) is 10.4. The van der Waals surface area contributed by atoms with Gasteiger partial charge in [0.2, 0.25) is 5.88 Å². The average molecular weight is 255 g/mol. The minimum atomic E-state index is 0.220. The highest BCUT2D eigenvalue weighted by atomic mass is 16.5. The van der Waals surface area contributed by atoms with Crippen LogP contribution in [0.5, 0.6) is 5.88 Å². The van der Waals surface area contributed by atoms with Crippen molar-refractivity contribution in [2.24, 2.45) is 0 Å². The van der Waals surface area contributed by atoms with E-state index < -0.39 is 0 Å². The number of pyridine rings is 2. The Morgan fingerprint density at radius 3 is 2.84 bits per heavy atom. The highest BCUT2D eigenvalue weighted by molar-refractivity contribution is 5.54. The molecular weight excluding hydrogens is 242 g/mol. The Morgan fingerprint density at radius 2 is 2.21 bits per heavy atom. The van der Waals surface area contributed by atoms with Crippen molar-refractivity contribution >= 4 is 11.5 Å². The molecule has 2 rings (SSSR count). The molecule has 3 N–H and O–H groups in total. The van der Waals surface area contributed by atoms with Crippen molar-refractivity contribution in [3.63, 3.8) is 0 Å². The summed E-state index contributed by atoms with van der Waals surface area (Å²) in [4.78, 5) is 8.20. The van der Waals surface area contributed by atoms with Crippen LogP contribution in [0.25, 0.3) is 0 Å². The van der Waals surface area contributed by atoms with Crippen molar-refractivity contribution in [1.82, 2.24) is 9.97 Å². The molecule has 0 atom stereocenters. The maximum Gasteiger partial charge on any atom is 0.212 e. The maximum atomic E-state index is 8.84. The Kier molecular flexibility index (Phi) is 3.78. The van der Waals surface area contributed by atoms with Crippen LogP contribution in [0.4, 0.5) is 11.5 Å². The predicted octanol–water partition coefficient (Wildman–Crippen LogP) is 1.55. The summed E-state index contributed by atoms with van der Waals surface area (Å²) < 4.78 is 4.98. The van der Waals surface area contributed by atoms with Crippen LogP contribution in [0.15, 0.2) is 30.5 Å². The van der Waals surface area contributed by atoms with Gasteiger partial charge in [-0.3, -0.25) is 0 Å². The smallest absolute Gasteiger partial charge is 0.212 e. The van der Waals surface area contributed by atoms with E-state index in [1.165, 1.54) is 0 Å². The number of nitriles is 1. The van der Waals surface area contributed by atoms with Crippen LogP contribution < -0.4 is 15.8 Å². The first-order chi connectivity index (χ1) is 9.22. The Morgan fingerprint density at radius 1 is 1.37 bits per heavy atom. The largest absolute Gasteiger partial charge is 0.481 e. The summed E-state index contributed by atoms with van der Waals surface area (Å²) in [6.07, 6.45) is 1.72. The zero-order chi connectivity index (χ0) is 13.7. The molecule has 2 aromatic rings. The van der Waals surface area contributed by atoms with E-state index in [2.05, 4.69) is 15.3 Å². The number of aromatic nitrogens is 2. The van der Waals surface area contributed by atoms with Gasteiger partial charge in [0.25, 0.3) is 0 Å². The molecule has 0 fully saturated rings. The lowest BCUT2D eigenvalue weighted by atomic mass is 10.2. The monoisotopic (exact) mass is 255 g/mol. The molecule has 0 amide bonds. The maximum absolute atomic E-state index is 8.84. The quantitative estimate of drug-likeness (QED) is 0.860. The minimum Gasteiger partial charge on any atom is -0.481 e. The minimum absolute atomic E-state index is 0.220. The van der Waals surface area contributed by atoms with E-state index >= 15 is 0 Å². The van der Waals surface area contributed by atoms with Crippen molar-refractivity contribution < 1.29 is 4.74 Å². The van der Waals surface area contributed by atoms with E-state index in [1.807, 2.05) is 12.1 Å². The number of hydrogen-bond acceptors (Lipinski definition) is 6. The van der Waals surface area contributed by atoms with Gasteiger partial charge in [-0.05, 0) is 17.7 Å². The Labute approximate surface area is 110 Å². The molecule has 0 aliphatic rings. The van der Waals surface area contributed by atoms with Gasteiger partial charge in [0, 0.05) is 18.8 Å². The van der Waals surface area contributed by atoms with E-state index in [9.17, 15) is 0 Å². The zero-order valence-corrected chi connectivity index (χ0v) is 10.4. The molecule has 0 saturated heterocycles. The number of nitrogens with one attached hydrogen (secondary N) is 1. The summed E-state index contributed by atoms with van der Waals surface area (Å²) in [6, 6.07) is 9.02. The fraction of sp³-hybridized carbons (Fsp3) is 0.154. The van der Waals surface area contributed by atoms with E-state index in [-0.39, 0.29) is 5.69 Å². The molecule has 0 spiro atoms. The van der Waals surface area contributed by atoms with Gasteiger partial charge in [-0.15, -0.1) is 0 Å². The number of methoxy groups -OCH3 is 1. The third kappa shape index (κ3) is 3.10. The molecule has 0 bridgehead atoms. The van der Waals surface area contributed by atoms with Crippen LogP contribution in [0.1, 0.15) is 11.3 Å². The van der Waals surface area contributed by atoms with Crippen LogP contribution in [0.2, 0.25) is 0 Å². The highest BCUT2D eigenvalue weighted by Crippen LogP contribution is 2.13. The van der Waals surface area contributed by atoms with E-state index in [0.717, 1.165) is 5.56 Å². The molecule has 0 saturated carbocycles. The summed E-state index contributed by atoms with van der Waals surface area (Å²) in [5.41, 5.74) is 7.18. The lowest BCUT2D eigenvalue weighted by molar-refractivity contribution is 0.397. The summed E-state index contributed by atoms with van der Waals surface area (Å²) >= 11 is 0. The van der Waals surface area contributed by atoms with Crippen LogP contribution in [-0.4, -0.2) is 17.1 Å². The molecular formula is C13H13N5O. The van der Waals surface area contributed by atoms with Crippen molar-refractivity contribution in [3.8, 4) is 11.9 Å². The normalized spacial score (nSPS) is 9.68. The molecule has 6 nitrogen and oxygen atoms in total. The van der Waals surface area contributed by atoms with Gasteiger partial charge in [-0.2, -0.15) is 5.26 Å². The number of rotatable bonds is 4. The Hall–Kier alpha value is -2.81. The fourth-order valence-corrected chi connectivity index (χ4v) is 1.49. The van der Waals surface area contributed by atoms with Gasteiger partial charge in [0.05, 0.1) is 12.8 Å². The second-order valence-electron chi connectivity index (χ2n) is 3.81. The Bertz CT molecular complexity index is 603. The van der Waals surface area contributed by atoms with Gasteiger partial charge in [0.15, 0.2) is 5.69 Å². The summed E-state index contributed by atoms with van der Waals surface area (Å²) in [5, 5.41) is 11.9. The number of ether oxygens (including phenoxy) is 1. The molecule has 19 heavy (non-hydrogen) atoms. The second-order valence-corrected chi connectivity index (χ2v) is 3.81. The first-order valence-corrected chi connectivity index (χ1v) is 5.62. The summed E-state index contributed by atoms with van der Waals surface area (Å²) in [7, 11) is 1.57. The van der Waals surface area contributed by atoms with E-state index in [4.69, 9.17) is 15.7 Å². The average Bonchev–Trinajstić information content (AvgIpc) is 2.47. The van der Waals surface area contributed by atoms with Gasteiger partial charge < -0.3 is 15.8 Å². The topological polar surface area (TPSA) is 96.8 Å². The van der Waals surface area contributed by atoms with Crippen LogP contribution in [-0.2, 0) is 6.54 Å². The van der Waals surface area contributed by atoms with Gasteiger partial charge in [0.1, 0.15) is 11.9 Å². The lowest BCUT2D eigenvalue weighted by Crippen LogP contribution is -2.04. The number of anilines is 2. The molecule has 6 heteroatoms. The van der Waals surface area contributed by atoms with E-state index in [0.29, 0.717) is 23.9 Å². The second kappa shape index (κ2) is 5.69. The van der Waals surface area contributed by atoms with E-state index in [1.54, 1.807) is 31.5 Å². The van der Waals surface area contributed by atoms with Crippen LogP contribution >= 0.6 is 0 Å². The van der Waals surface area contributed by atoms with Crippen molar-refractivity contribution in [2.45, 2.75) is 6.54 Å². The molecule has 2 heterocycles. The molecule has 2 aromatic heterocycles. The third-order valence-corrected chi connectivity index (χ3v) is 2.51. The summed E-state index contributed by atoms with van der Waals surface area (Å²) in [6.45, 7) is 0.554. The van der Waals surface area contributed by atoms with Gasteiger partial charge in [-0.1, -0.05) is 6.07 Å². The SMILES string of the molecule is COc1ccc(CNc2ccc(N)c(C#N)n2)cn1. The number of nitrogens with zero attached hydrogens (tertiary/aromatic N) is 3. The lowest BCUT2D eigenvalue weighted by Gasteiger charge is -2.07. The number of nitrogens with two attached hydrogens (primary N) is 1. The first-order valence-electron chi connectivity index (χ1n) is 5.62. The fourth-order valence-electron chi connectivity index (χ4n) is 1.49.